The molecule has 4 heteroatoms. The molecular formula is C14H20N4. The van der Waals surface area contributed by atoms with Crippen LogP contribution in [0.2, 0.25) is 0 Å². The number of anilines is 1. The maximum atomic E-state index is 6.05. The topological polar surface area (TPSA) is 47.1 Å². The van der Waals surface area contributed by atoms with Crippen LogP contribution in [-0.4, -0.2) is 34.6 Å². The van der Waals surface area contributed by atoms with Crippen LogP contribution in [0.3, 0.4) is 0 Å². The molecule has 0 spiro atoms. The third kappa shape index (κ3) is 1.97. The first-order valence-electron chi connectivity index (χ1n) is 6.54. The summed E-state index contributed by atoms with van der Waals surface area (Å²) in [7, 11) is 2.18. The second kappa shape index (κ2) is 4.28. The lowest BCUT2D eigenvalue weighted by molar-refractivity contribution is 0.380. The smallest absolute Gasteiger partial charge is 0.201 e. The number of hydrogen-bond donors (Lipinski definition) is 1. The molecule has 0 amide bonds. The van der Waals surface area contributed by atoms with Gasteiger partial charge >= 0.3 is 0 Å². The van der Waals surface area contributed by atoms with Gasteiger partial charge in [-0.1, -0.05) is 6.07 Å². The van der Waals surface area contributed by atoms with E-state index in [0.29, 0.717) is 11.9 Å². The van der Waals surface area contributed by atoms with Crippen molar-refractivity contribution in [3.8, 4) is 0 Å². The summed E-state index contributed by atoms with van der Waals surface area (Å²) >= 11 is 0. The van der Waals surface area contributed by atoms with Gasteiger partial charge in [0.1, 0.15) is 0 Å². The zero-order valence-corrected chi connectivity index (χ0v) is 11.1. The lowest BCUT2D eigenvalue weighted by Gasteiger charge is -2.13. The van der Waals surface area contributed by atoms with Crippen molar-refractivity contribution >= 4 is 17.0 Å². The largest absolute Gasteiger partial charge is 0.369 e. The van der Waals surface area contributed by atoms with E-state index >= 15 is 0 Å². The van der Waals surface area contributed by atoms with E-state index in [4.69, 9.17) is 5.73 Å². The molecular weight excluding hydrogens is 224 g/mol. The highest BCUT2D eigenvalue weighted by molar-refractivity contribution is 5.79. The number of hydrogen-bond acceptors (Lipinski definition) is 3. The number of rotatable bonds is 2. The van der Waals surface area contributed by atoms with Gasteiger partial charge in [-0.15, -0.1) is 0 Å². The Labute approximate surface area is 107 Å². The summed E-state index contributed by atoms with van der Waals surface area (Å²) in [4.78, 5) is 6.82. The molecule has 1 aromatic heterocycles. The number of aromatic nitrogens is 2. The van der Waals surface area contributed by atoms with Crippen molar-refractivity contribution in [3.05, 3.63) is 23.8 Å². The van der Waals surface area contributed by atoms with Crippen LogP contribution in [0.5, 0.6) is 0 Å². The van der Waals surface area contributed by atoms with Crippen molar-refractivity contribution in [2.75, 3.05) is 25.9 Å². The normalized spacial score (nSPS) is 20.9. The highest BCUT2D eigenvalue weighted by Gasteiger charge is 2.21. The summed E-state index contributed by atoms with van der Waals surface area (Å²) in [6, 6.07) is 6.32. The van der Waals surface area contributed by atoms with Crippen molar-refractivity contribution < 1.29 is 0 Å². The number of fused-ring (bicyclic) bond motifs is 1. The van der Waals surface area contributed by atoms with Gasteiger partial charge in [0.05, 0.1) is 11.0 Å². The number of benzene rings is 1. The lowest BCUT2D eigenvalue weighted by atomic mass is 10.1. The van der Waals surface area contributed by atoms with E-state index in [0.717, 1.165) is 18.6 Å². The minimum atomic E-state index is 0.644. The van der Waals surface area contributed by atoms with Crippen molar-refractivity contribution in [1.29, 1.82) is 0 Å². The van der Waals surface area contributed by atoms with E-state index in [-0.39, 0.29) is 0 Å². The lowest BCUT2D eigenvalue weighted by Crippen LogP contribution is -2.17. The Morgan fingerprint density at radius 1 is 1.44 bits per heavy atom. The second-order valence-corrected chi connectivity index (χ2v) is 5.49. The Morgan fingerprint density at radius 3 is 3.00 bits per heavy atom. The summed E-state index contributed by atoms with van der Waals surface area (Å²) in [6.07, 6.45) is 1.25. The van der Waals surface area contributed by atoms with Crippen LogP contribution in [0.1, 0.15) is 12.0 Å². The number of nitrogen functional groups attached to an aromatic ring is 1. The monoisotopic (exact) mass is 244 g/mol. The van der Waals surface area contributed by atoms with Gasteiger partial charge in [0, 0.05) is 13.1 Å². The van der Waals surface area contributed by atoms with Crippen LogP contribution >= 0.6 is 0 Å². The van der Waals surface area contributed by atoms with E-state index in [1.165, 1.54) is 24.0 Å². The van der Waals surface area contributed by atoms with E-state index in [1.54, 1.807) is 0 Å². The van der Waals surface area contributed by atoms with Crippen LogP contribution in [0.25, 0.3) is 11.0 Å². The number of imidazole rings is 1. The number of likely N-dealkylation sites (tertiary alicyclic amines) is 1. The Balaban J connectivity index is 1.95. The average molecular weight is 244 g/mol. The Bertz CT molecular complexity index is 572. The Hall–Kier alpha value is -1.55. The molecule has 1 unspecified atom stereocenters. The molecule has 1 saturated heterocycles. The summed E-state index contributed by atoms with van der Waals surface area (Å²) in [6.45, 7) is 5.44. The summed E-state index contributed by atoms with van der Waals surface area (Å²) in [5.41, 5.74) is 9.48. The number of nitrogens with zero attached hydrogens (tertiary/aromatic N) is 3. The molecule has 96 valence electrons. The van der Waals surface area contributed by atoms with Gasteiger partial charge < -0.3 is 15.2 Å². The van der Waals surface area contributed by atoms with Crippen LogP contribution < -0.4 is 5.73 Å². The van der Waals surface area contributed by atoms with Gasteiger partial charge in [-0.25, -0.2) is 4.98 Å². The standard InChI is InChI=1S/C14H20N4/c1-10-3-4-12-13(7-10)18(14(15)16-12)9-11-5-6-17(2)8-11/h3-4,7,11H,5-6,8-9H2,1-2H3,(H2,15,16). The van der Waals surface area contributed by atoms with Crippen molar-refractivity contribution in [2.24, 2.45) is 5.92 Å². The zero-order chi connectivity index (χ0) is 12.7. The van der Waals surface area contributed by atoms with E-state index < -0.39 is 0 Å². The Kier molecular flexibility index (Phi) is 2.74. The van der Waals surface area contributed by atoms with Gasteiger partial charge in [0.25, 0.3) is 0 Å². The molecule has 1 atom stereocenters. The molecule has 2 aromatic rings. The quantitative estimate of drug-likeness (QED) is 0.877. The number of aryl methyl sites for hydroxylation is 1. The molecule has 0 saturated carbocycles. The highest BCUT2D eigenvalue weighted by atomic mass is 15.2. The fourth-order valence-corrected chi connectivity index (χ4v) is 2.88. The third-order valence-electron chi connectivity index (χ3n) is 3.86. The molecule has 3 rings (SSSR count). The molecule has 2 heterocycles. The van der Waals surface area contributed by atoms with Gasteiger partial charge in [-0.05, 0) is 50.6 Å². The summed E-state index contributed by atoms with van der Waals surface area (Å²) < 4.78 is 2.17. The maximum absolute atomic E-state index is 6.05. The molecule has 1 aliphatic heterocycles. The van der Waals surface area contributed by atoms with Gasteiger partial charge in [0.15, 0.2) is 0 Å². The first kappa shape index (κ1) is 11.5. The fraction of sp³-hybridized carbons (Fsp3) is 0.500. The maximum Gasteiger partial charge on any atom is 0.201 e. The SMILES string of the molecule is Cc1ccc2nc(N)n(CC3CCN(C)C3)c2c1. The average Bonchev–Trinajstić information content (AvgIpc) is 2.86. The highest BCUT2D eigenvalue weighted by Crippen LogP contribution is 2.23. The summed E-state index contributed by atoms with van der Waals surface area (Å²) in [5, 5.41) is 0. The van der Waals surface area contributed by atoms with E-state index in [2.05, 4.69) is 46.6 Å². The number of nitrogens with two attached hydrogens (primary N) is 1. The molecule has 18 heavy (non-hydrogen) atoms. The molecule has 0 bridgehead atoms. The van der Waals surface area contributed by atoms with Gasteiger partial charge in [-0.3, -0.25) is 0 Å². The van der Waals surface area contributed by atoms with Gasteiger partial charge in [0.2, 0.25) is 5.95 Å². The van der Waals surface area contributed by atoms with E-state index in [1.807, 2.05) is 0 Å². The predicted molar refractivity (Wildman–Crippen MR) is 74.5 cm³/mol. The second-order valence-electron chi connectivity index (χ2n) is 5.49. The fourth-order valence-electron chi connectivity index (χ4n) is 2.88. The van der Waals surface area contributed by atoms with Crippen LogP contribution in [-0.2, 0) is 6.54 Å². The molecule has 1 fully saturated rings. The first-order chi connectivity index (χ1) is 8.63. The van der Waals surface area contributed by atoms with Gasteiger partial charge in [-0.2, -0.15) is 0 Å². The van der Waals surface area contributed by atoms with Crippen molar-refractivity contribution in [3.63, 3.8) is 0 Å². The van der Waals surface area contributed by atoms with E-state index in [9.17, 15) is 0 Å². The first-order valence-corrected chi connectivity index (χ1v) is 6.54. The minimum absolute atomic E-state index is 0.644. The molecule has 0 aliphatic carbocycles. The van der Waals surface area contributed by atoms with Crippen LogP contribution in [0.15, 0.2) is 18.2 Å². The molecule has 1 aliphatic rings. The Morgan fingerprint density at radius 2 is 2.28 bits per heavy atom. The molecule has 2 N–H and O–H groups in total. The minimum Gasteiger partial charge on any atom is -0.369 e. The van der Waals surface area contributed by atoms with Crippen molar-refractivity contribution in [2.45, 2.75) is 19.9 Å². The summed E-state index contributed by atoms with van der Waals surface area (Å²) in [5.74, 6) is 1.33. The zero-order valence-electron chi connectivity index (χ0n) is 11.1. The van der Waals surface area contributed by atoms with Crippen LogP contribution in [0, 0.1) is 12.8 Å². The van der Waals surface area contributed by atoms with Crippen LogP contribution in [0.4, 0.5) is 5.95 Å². The van der Waals surface area contributed by atoms with Crippen molar-refractivity contribution in [1.82, 2.24) is 14.5 Å². The predicted octanol–water partition coefficient (Wildman–Crippen LogP) is 1.88. The molecule has 1 aromatic carbocycles. The molecule has 0 radical (unpaired) electrons. The third-order valence-corrected chi connectivity index (χ3v) is 3.86. The molecule has 4 nitrogen and oxygen atoms in total.